The van der Waals surface area contributed by atoms with Gasteiger partial charge in [0.05, 0.1) is 5.60 Å². The Kier molecular flexibility index (Phi) is 4.21. The lowest BCUT2D eigenvalue weighted by Crippen LogP contribution is -2.58. The van der Waals surface area contributed by atoms with Crippen molar-refractivity contribution in [3.8, 4) is 0 Å². The highest BCUT2D eigenvalue weighted by molar-refractivity contribution is 6.51. The Balaban J connectivity index is 1.53. The lowest BCUT2D eigenvalue weighted by Gasteiger charge is -2.50. The van der Waals surface area contributed by atoms with E-state index in [1.807, 2.05) is 13.8 Å². The third-order valence-electron chi connectivity index (χ3n) is 7.74. The van der Waals surface area contributed by atoms with Crippen LogP contribution in [0.2, 0.25) is 0 Å². The van der Waals surface area contributed by atoms with Crippen LogP contribution >= 0.6 is 0 Å². The molecule has 0 saturated carbocycles. The fourth-order valence-corrected chi connectivity index (χ4v) is 5.38. The molecular weight excluding hydrogens is 353 g/mol. The fraction of sp³-hybridized carbons (Fsp3) is 0.385. The molecule has 148 valence electrons. The summed E-state index contributed by atoms with van der Waals surface area (Å²) in [5.74, 6) is 1.99. The van der Waals surface area contributed by atoms with Crippen LogP contribution in [0.5, 0.6) is 0 Å². The summed E-state index contributed by atoms with van der Waals surface area (Å²) in [6.45, 7) is 7.86. The van der Waals surface area contributed by atoms with Gasteiger partial charge in [0.15, 0.2) is 0 Å². The zero-order chi connectivity index (χ0) is 20.4. The molecule has 4 unspecified atom stereocenters. The van der Waals surface area contributed by atoms with E-state index in [2.05, 4.69) is 85.8 Å². The fourth-order valence-electron chi connectivity index (χ4n) is 5.38. The van der Waals surface area contributed by atoms with Gasteiger partial charge in [-0.15, -0.1) is 0 Å². The van der Waals surface area contributed by atoms with Crippen molar-refractivity contribution in [1.82, 2.24) is 5.23 Å². The minimum Gasteiger partial charge on any atom is -0.389 e. The summed E-state index contributed by atoms with van der Waals surface area (Å²) in [7, 11) is 0.757. The molecule has 2 nitrogen and oxygen atoms in total. The maximum atomic E-state index is 10.5. The Bertz CT molecular complexity index is 1010. The van der Waals surface area contributed by atoms with E-state index in [9.17, 15) is 5.11 Å². The van der Waals surface area contributed by atoms with E-state index in [1.165, 1.54) is 27.7 Å². The molecule has 0 spiro atoms. The quantitative estimate of drug-likeness (QED) is 0.789. The summed E-state index contributed by atoms with van der Waals surface area (Å²) in [4.78, 5) is 0. The van der Waals surface area contributed by atoms with Gasteiger partial charge in [0.1, 0.15) is 0 Å². The zero-order valence-electron chi connectivity index (χ0n) is 17.8. The van der Waals surface area contributed by atoms with Gasteiger partial charge >= 0.3 is 0 Å². The molecule has 29 heavy (non-hydrogen) atoms. The van der Waals surface area contributed by atoms with Crippen LogP contribution in [0.25, 0.3) is 0 Å². The first-order chi connectivity index (χ1) is 13.8. The highest BCUT2D eigenvalue weighted by Crippen LogP contribution is 2.59. The minimum atomic E-state index is -0.786. The van der Waals surface area contributed by atoms with Crippen molar-refractivity contribution in [2.24, 2.45) is 11.8 Å². The summed E-state index contributed by atoms with van der Waals surface area (Å²) >= 11 is 0. The molecule has 0 heterocycles. The molecule has 0 saturated heterocycles. The van der Waals surface area contributed by atoms with E-state index in [0.29, 0.717) is 23.7 Å². The number of hydrogen-bond acceptors (Lipinski definition) is 2. The van der Waals surface area contributed by atoms with E-state index in [1.54, 1.807) is 0 Å². The first kappa shape index (κ1) is 18.9. The van der Waals surface area contributed by atoms with E-state index in [-0.39, 0.29) is 5.54 Å². The largest absolute Gasteiger partial charge is 0.389 e. The van der Waals surface area contributed by atoms with Crippen molar-refractivity contribution in [3.63, 3.8) is 0 Å². The SMILES string of the molecule is CC(C)(O)C(C)(C)NBc1ccc2c(c1)C1c3ccccc3C2C2C=CC=CC12. The van der Waals surface area contributed by atoms with Crippen LogP contribution in [0.1, 0.15) is 61.8 Å². The topological polar surface area (TPSA) is 32.3 Å². The molecule has 4 atom stereocenters. The molecule has 4 aliphatic rings. The Labute approximate surface area is 175 Å². The summed E-state index contributed by atoms with van der Waals surface area (Å²) in [5.41, 5.74) is 6.16. The van der Waals surface area contributed by atoms with Gasteiger partial charge in [-0.25, -0.2) is 0 Å². The maximum absolute atomic E-state index is 10.5. The number of rotatable bonds is 4. The van der Waals surface area contributed by atoms with Crippen molar-refractivity contribution in [3.05, 3.63) is 89.0 Å². The number of allylic oxidation sites excluding steroid dienone is 4. The number of aliphatic hydroxyl groups is 1. The first-order valence-electron chi connectivity index (χ1n) is 10.8. The number of benzene rings is 2. The van der Waals surface area contributed by atoms with Crippen LogP contribution in [0, 0.1) is 11.8 Å². The number of nitrogens with one attached hydrogen (secondary N) is 1. The molecule has 0 aliphatic heterocycles. The predicted molar refractivity (Wildman–Crippen MR) is 122 cm³/mol. The summed E-state index contributed by atoms with van der Waals surface area (Å²) in [6, 6.07) is 16.1. The summed E-state index contributed by atoms with van der Waals surface area (Å²) < 4.78 is 0. The molecule has 0 aromatic heterocycles. The normalized spacial score (nSPS) is 26.7. The van der Waals surface area contributed by atoms with E-state index < -0.39 is 5.60 Å². The van der Waals surface area contributed by atoms with Gasteiger partial charge < -0.3 is 10.3 Å². The van der Waals surface area contributed by atoms with E-state index in [0.717, 1.165) is 7.41 Å². The Morgan fingerprint density at radius 1 is 0.793 bits per heavy atom. The summed E-state index contributed by atoms with van der Waals surface area (Å²) in [5, 5.41) is 14.0. The van der Waals surface area contributed by atoms with Crippen LogP contribution in [0.4, 0.5) is 0 Å². The molecule has 6 rings (SSSR count). The highest BCUT2D eigenvalue weighted by atomic mass is 16.3. The molecule has 4 aliphatic carbocycles. The van der Waals surface area contributed by atoms with Crippen molar-refractivity contribution < 1.29 is 5.11 Å². The van der Waals surface area contributed by atoms with Gasteiger partial charge in [-0.3, -0.25) is 0 Å². The lowest BCUT2D eigenvalue weighted by atomic mass is 9.53. The van der Waals surface area contributed by atoms with Crippen molar-refractivity contribution in [2.75, 3.05) is 0 Å². The molecule has 2 bridgehead atoms. The van der Waals surface area contributed by atoms with Crippen LogP contribution < -0.4 is 10.7 Å². The highest BCUT2D eigenvalue weighted by Gasteiger charge is 2.48. The standard InChI is InChI=1S/C26H30BNO/c1-25(2,26(3,4)29)28-27-16-13-14-21-22(15-16)24-19-11-7-5-9-17(19)23(21)18-10-6-8-12-20(18)24/h5-15,17,19,23-24,27-29H,1-4H3. The van der Waals surface area contributed by atoms with Gasteiger partial charge in [0.2, 0.25) is 7.41 Å². The molecule has 0 amide bonds. The van der Waals surface area contributed by atoms with Gasteiger partial charge in [0, 0.05) is 17.4 Å². The van der Waals surface area contributed by atoms with Crippen molar-refractivity contribution in [1.29, 1.82) is 0 Å². The number of hydrogen-bond donors (Lipinski definition) is 2. The van der Waals surface area contributed by atoms with Gasteiger partial charge in [0.25, 0.3) is 0 Å². The minimum absolute atomic E-state index is 0.365. The molecular formula is C26H30BNO. The van der Waals surface area contributed by atoms with Gasteiger partial charge in [-0.2, -0.15) is 0 Å². The van der Waals surface area contributed by atoms with Gasteiger partial charge in [-0.1, -0.05) is 72.2 Å². The molecule has 3 heteroatoms. The Hall–Kier alpha value is -2.10. The second-order valence-corrected chi connectivity index (χ2v) is 10.0. The van der Waals surface area contributed by atoms with Crippen LogP contribution in [-0.2, 0) is 0 Å². The van der Waals surface area contributed by atoms with Crippen molar-refractivity contribution in [2.45, 2.75) is 50.7 Å². The third kappa shape index (κ3) is 2.86. The lowest BCUT2D eigenvalue weighted by molar-refractivity contribution is 0.00627. The monoisotopic (exact) mass is 383 g/mol. The zero-order valence-corrected chi connectivity index (χ0v) is 17.8. The predicted octanol–water partition coefficient (Wildman–Crippen LogP) is 3.75. The van der Waals surface area contributed by atoms with Gasteiger partial charge in [-0.05, 0) is 61.8 Å². The second kappa shape index (κ2) is 6.45. The Morgan fingerprint density at radius 3 is 1.93 bits per heavy atom. The maximum Gasteiger partial charge on any atom is 0.236 e. The van der Waals surface area contributed by atoms with Crippen molar-refractivity contribution >= 4 is 12.9 Å². The summed E-state index contributed by atoms with van der Waals surface area (Å²) in [6.07, 6.45) is 9.29. The molecule has 0 fully saturated rings. The van der Waals surface area contributed by atoms with E-state index >= 15 is 0 Å². The molecule has 0 radical (unpaired) electrons. The van der Waals surface area contributed by atoms with Crippen LogP contribution in [0.15, 0.2) is 66.8 Å². The first-order valence-corrected chi connectivity index (χ1v) is 10.8. The second-order valence-electron chi connectivity index (χ2n) is 10.0. The molecule has 2 N–H and O–H groups in total. The third-order valence-corrected chi connectivity index (χ3v) is 7.74. The van der Waals surface area contributed by atoms with Crippen LogP contribution in [-0.4, -0.2) is 23.7 Å². The molecule has 2 aromatic carbocycles. The van der Waals surface area contributed by atoms with E-state index in [4.69, 9.17) is 0 Å². The van der Waals surface area contributed by atoms with Crippen LogP contribution in [0.3, 0.4) is 0 Å². The average molecular weight is 383 g/mol. The smallest absolute Gasteiger partial charge is 0.236 e. The molecule has 2 aromatic rings. The Morgan fingerprint density at radius 2 is 1.34 bits per heavy atom. The average Bonchev–Trinajstić information content (AvgIpc) is 2.71.